The second kappa shape index (κ2) is 11.6. The van der Waals surface area contributed by atoms with E-state index >= 15 is 0 Å². The van der Waals surface area contributed by atoms with Gasteiger partial charge in [-0.05, 0) is 63.8 Å². The number of aromatic nitrogens is 2. The van der Waals surface area contributed by atoms with E-state index in [9.17, 15) is 9.59 Å². The number of fused-ring (bicyclic) bond motifs is 3. The molecule has 2 saturated heterocycles. The van der Waals surface area contributed by atoms with Gasteiger partial charge in [-0.1, -0.05) is 35.9 Å². The van der Waals surface area contributed by atoms with E-state index in [0.717, 1.165) is 55.1 Å². The molecule has 0 radical (unpaired) electrons. The Kier molecular flexibility index (Phi) is 7.71. The first kappa shape index (κ1) is 27.3. The van der Waals surface area contributed by atoms with E-state index in [-0.39, 0.29) is 12.1 Å². The molecule has 7 rings (SSSR count). The molecule has 1 aliphatic carbocycles. The first-order valence-electron chi connectivity index (χ1n) is 14.8. The summed E-state index contributed by atoms with van der Waals surface area (Å²) in [5.41, 5.74) is 5.18. The molecule has 2 unspecified atom stereocenters. The number of imidazole rings is 1. The zero-order chi connectivity index (χ0) is 28.5. The van der Waals surface area contributed by atoms with E-state index in [1.807, 2.05) is 66.4 Å². The van der Waals surface area contributed by atoms with Crippen molar-refractivity contribution in [1.82, 2.24) is 19.4 Å². The topological polar surface area (TPSA) is 82.9 Å². The Balaban J connectivity index is 1.06. The molecule has 4 heterocycles. The molecule has 9 heteroatoms. The zero-order valence-corrected chi connectivity index (χ0v) is 24.3. The van der Waals surface area contributed by atoms with Gasteiger partial charge in [0.1, 0.15) is 5.82 Å². The van der Waals surface area contributed by atoms with Gasteiger partial charge < -0.3 is 19.5 Å². The van der Waals surface area contributed by atoms with E-state index in [1.54, 1.807) is 4.90 Å². The molecule has 9 nitrogen and oxygen atoms in total. The van der Waals surface area contributed by atoms with E-state index in [4.69, 9.17) is 9.72 Å². The molecule has 216 valence electrons. The van der Waals surface area contributed by atoms with Crippen LogP contribution < -0.4 is 10.2 Å². The van der Waals surface area contributed by atoms with Crippen LogP contribution in [-0.2, 0) is 17.7 Å². The minimum Gasteiger partial charge on any atom is -0.453 e. The van der Waals surface area contributed by atoms with Crippen molar-refractivity contribution in [2.75, 3.05) is 37.0 Å². The van der Waals surface area contributed by atoms with Gasteiger partial charge >= 0.3 is 12.1 Å². The number of anilines is 2. The first-order chi connectivity index (χ1) is 19.9. The fourth-order valence-electron chi connectivity index (χ4n) is 7.01. The number of para-hydroxylation sites is 1. The van der Waals surface area contributed by atoms with Gasteiger partial charge in [0.25, 0.3) is 0 Å². The number of hydrogen-bond donors (Lipinski definition) is 1. The maximum Gasteiger partial charge on any atom is 0.409 e. The lowest BCUT2D eigenvalue weighted by Gasteiger charge is -2.56. The van der Waals surface area contributed by atoms with Crippen molar-refractivity contribution < 1.29 is 14.3 Å². The van der Waals surface area contributed by atoms with Crippen LogP contribution in [-0.4, -0.2) is 70.3 Å². The monoisotopic (exact) mass is 556 g/mol. The lowest BCUT2D eigenvalue weighted by Crippen LogP contribution is -2.61. The Hall–Kier alpha value is -3.85. The van der Waals surface area contributed by atoms with E-state index in [0.29, 0.717) is 37.8 Å². The SMILES string of the molecule is COC(=O)N1CCc2c(nc(C)n2C2CC3C[C@@H](C2)N3CCCN(C(=O)Nc2ccc(C)cc2)c2ccccc2)C1. The number of piperidine rings is 1. The number of urea groups is 1. The van der Waals surface area contributed by atoms with Crippen molar-refractivity contribution in [1.29, 1.82) is 0 Å². The predicted molar refractivity (Wildman–Crippen MR) is 159 cm³/mol. The van der Waals surface area contributed by atoms with Gasteiger partial charge in [0, 0.05) is 61.2 Å². The van der Waals surface area contributed by atoms with E-state index in [2.05, 4.69) is 21.7 Å². The number of carbonyl (C=O) groups excluding carboxylic acids is 2. The second-order valence-corrected chi connectivity index (χ2v) is 11.6. The smallest absolute Gasteiger partial charge is 0.409 e. The minimum atomic E-state index is -0.282. The Labute approximate surface area is 242 Å². The third-order valence-corrected chi connectivity index (χ3v) is 9.01. The number of rotatable bonds is 7. The summed E-state index contributed by atoms with van der Waals surface area (Å²) in [6.07, 6.45) is 4.95. The summed E-state index contributed by atoms with van der Waals surface area (Å²) in [7, 11) is 1.43. The molecule has 3 aromatic rings. The van der Waals surface area contributed by atoms with Gasteiger partial charge in [-0.2, -0.15) is 0 Å². The summed E-state index contributed by atoms with van der Waals surface area (Å²) < 4.78 is 7.39. The van der Waals surface area contributed by atoms with Gasteiger partial charge in [-0.3, -0.25) is 9.80 Å². The van der Waals surface area contributed by atoms with Crippen molar-refractivity contribution in [3.63, 3.8) is 0 Å². The Morgan fingerprint density at radius 1 is 1.00 bits per heavy atom. The number of carbonyl (C=O) groups is 2. The predicted octanol–water partition coefficient (Wildman–Crippen LogP) is 5.53. The van der Waals surface area contributed by atoms with Crippen LogP contribution in [0.3, 0.4) is 0 Å². The second-order valence-electron chi connectivity index (χ2n) is 11.6. The normalized spacial score (nSPS) is 21.5. The number of benzene rings is 2. The average molecular weight is 557 g/mol. The molecule has 3 aliphatic heterocycles. The molecule has 3 fully saturated rings. The maximum absolute atomic E-state index is 13.3. The largest absolute Gasteiger partial charge is 0.453 e. The Bertz CT molecular complexity index is 1380. The van der Waals surface area contributed by atoms with Crippen LogP contribution in [0.25, 0.3) is 0 Å². The molecule has 4 aliphatic rings. The van der Waals surface area contributed by atoms with Crippen LogP contribution in [0, 0.1) is 13.8 Å². The van der Waals surface area contributed by atoms with Crippen molar-refractivity contribution >= 4 is 23.5 Å². The molecular formula is C32H40N6O3. The number of methoxy groups -OCH3 is 1. The van der Waals surface area contributed by atoms with E-state index in [1.165, 1.54) is 24.8 Å². The molecule has 3 atom stereocenters. The molecular weight excluding hydrogens is 516 g/mol. The van der Waals surface area contributed by atoms with Gasteiger partial charge in [-0.25, -0.2) is 14.6 Å². The molecule has 0 spiro atoms. The lowest BCUT2D eigenvalue weighted by atomic mass is 9.76. The number of amides is 3. The third kappa shape index (κ3) is 5.55. The molecule has 2 bridgehead atoms. The highest BCUT2D eigenvalue weighted by molar-refractivity contribution is 6.01. The van der Waals surface area contributed by atoms with Crippen LogP contribution in [0.4, 0.5) is 21.0 Å². The summed E-state index contributed by atoms with van der Waals surface area (Å²) in [5.74, 6) is 1.05. The molecule has 3 amide bonds. The number of nitrogens with zero attached hydrogens (tertiary/aromatic N) is 5. The summed E-state index contributed by atoms with van der Waals surface area (Å²) in [6, 6.07) is 19.3. The molecule has 2 aromatic carbocycles. The highest BCUT2D eigenvalue weighted by atomic mass is 16.5. The highest BCUT2D eigenvalue weighted by Crippen LogP contribution is 2.44. The van der Waals surface area contributed by atoms with Gasteiger partial charge in [0.05, 0.1) is 19.3 Å². The van der Waals surface area contributed by atoms with Crippen molar-refractivity contribution in [3.8, 4) is 0 Å². The number of nitrogens with one attached hydrogen (secondary N) is 1. The van der Waals surface area contributed by atoms with Crippen LogP contribution >= 0.6 is 0 Å². The third-order valence-electron chi connectivity index (χ3n) is 9.01. The van der Waals surface area contributed by atoms with Gasteiger partial charge in [0.2, 0.25) is 0 Å². The van der Waals surface area contributed by atoms with Crippen molar-refractivity contribution in [3.05, 3.63) is 77.4 Å². The molecule has 1 N–H and O–H groups in total. The fraction of sp³-hybridized carbons (Fsp3) is 0.469. The number of aryl methyl sites for hydroxylation is 2. The number of ether oxygens (including phenoxy) is 1. The van der Waals surface area contributed by atoms with Crippen LogP contribution in [0.1, 0.15) is 54.5 Å². The maximum atomic E-state index is 13.3. The Morgan fingerprint density at radius 2 is 1.71 bits per heavy atom. The molecule has 41 heavy (non-hydrogen) atoms. The number of hydrogen-bond acceptors (Lipinski definition) is 5. The van der Waals surface area contributed by atoms with Crippen molar-refractivity contribution in [2.45, 2.75) is 70.6 Å². The minimum absolute atomic E-state index is 0.102. The standard InChI is InChI=1S/C32H40N6O3/c1-22-10-12-24(13-11-22)34-31(39)37(25-8-5-4-6-9-25)16-7-15-36-26-18-27(36)20-28(19-26)38-23(2)33-29-21-35(32(40)41-3)17-14-30(29)38/h4-6,8-13,26-28H,7,14-21H2,1-3H3,(H,34,39)/t26-,27?,28?/m0/s1. The van der Waals surface area contributed by atoms with Crippen LogP contribution in [0.2, 0.25) is 0 Å². The molecule has 1 saturated carbocycles. The summed E-state index contributed by atoms with van der Waals surface area (Å²) in [4.78, 5) is 36.4. The van der Waals surface area contributed by atoms with E-state index < -0.39 is 0 Å². The zero-order valence-electron chi connectivity index (χ0n) is 24.3. The first-order valence-corrected chi connectivity index (χ1v) is 14.8. The van der Waals surface area contributed by atoms with Gasteiger partial charge in [0.15, 0.2) is 0 Å². The summed E-state index contributed by atoms with van der Waals surface area (Å²) in [5, 5.41) is 3.07. The highest BCUT2D eigenvalue weighted by Gasteiger charge is 2.46. The molecule has 1 aromatic heterocycles. The van der Waals surface area contributed by atoms with Crippen LogP contribution in [0.15, 0.2) is 54.6 Å². The van der Waals surface area contributed by atoms with Crippen molar-refractivity contribution in [2.24, 2.45) is 0 Å². The van der Waals surface area contributed by atoms with Crippen LogP contribution in [0.5, 0.6) is 0 Å². The summed E-state index contributed by atoms with van der Waals surface area (Å²) >= 11 is 0. The summed E-state index contributed by atoms with van der Waals surface area (Å²) in [6.45, 7) is 6.98. The quantitative estimate of drug-likeness (QED) is 0.414. The average Bonchev–Trinajstić information content (AvgIpc) is 3.33. The van der Waals surface area contributed by atoms with Gasteiger partial charge in [-0.15, -0.1) is 0 Å². The fourth-order valence-corrected chi connectivity index (χ4v) is 7.01. The lowest BCUT2D eigenvalue weighted by molar-refractivity contribution is -0.0489. The Morgan fingerprint density at radius 3 is 2.41 bits per heavy atom.